The molecule has 2 aromatic carbocycles. The van der Waals surface area contributed by atoms with Crippen molar-refractivity contribution in [2.24, 2.45) is 7.05 Å². The number of carbonyl (C=O) groups is 2. The summed E-state index contributed by atoms with van der Waals surface area (Å²) in [6.45, 7) is 5.54. The van der Waals surface area contributed by atoms with Gasteiger partial charge in [-0.3, -0.25) is 4.79 Å². The lowest BCUT2D eigenvalue weighted by Crippen LogP contribution is -2.26. The van der Waals surface area contributed by atoms with Crippen molar-refractivity contribution in [1.82, 2.24) is 14.8 Å². The quantitative estimate of drug-likeness (QED) is 0.319. The van der Waals surface area contributed by atoms with E-state index >= 15 is 0 Å². The number of nitrogens with zero attached hydrogens (tertiary/aromatic N) is 4. The van der Waals surface area contributed by atoms with Crippen LogP contribution in [0.3, 0.4) is 0 Å². The Bertz CT molecular complexity index is 1360. The third kappa shape index (κ3) is 4.76. The number of rotatable bonds is 6. The molecule has 0 spiro atoms. The fourth-order valence-corrected chi connectivity index (χ4v) is 3.68. The zero-order valence-corrected chi connectivity index (χ0v) is 19.8. The van der Waals surface area contributed by atoms with Crippen LogP contribution in [0.5, 0.6) is 11.6 Å². The highest BCUT2D eigenvalue weighted by molar-refractivity contribution is 6.05. The number of aryl methyl sites for hydroxylation is 4. The topological polar surface area (TPSA) is 86.5 Å². The fraction of sp³-hybridized carbons (Fsp3) is 0.231. The summed E-state index contributed by atoms with van der Waals surface area (Å²) in [4.78, 5) is 31.1. The van der Waals surface area contributed by atoms with Gasteiger partial charge in [-0.25, -0.2) is 14.5 Å². The third-order valence-corrected chi connectivity index (χ3v) is 5.47. The number of ether oxygens (including phenoxy) is 2. The molecule has 8 heteroatoms. The van der Waals surface area contributed by atoms with Gasteiger partial charge in [0, 0.05) is 31.0 Å². The second-order valence-corrected chi connectivity index (χ2v) is 8.19. The molecule has 0 aliphatic heterocycles. The summed E-state index contributed by atoms with van der Waals surface area (Å²) in [6.07, 6.45) is 0. The molecule has 2 heterocycles. The van der Waals surface area contributed by atoms with Gasteiger partial charge in [0.2, 0.25) is 5.88 Å². The summed E-state index contributed by atoms with van der Waals surface area (Å²) in [5, 5.41) is 5.10. The van der Waals surface area contributed by atoms with Crippen LogP contribution in [0.2, 0.25) is 0 Å². The first-order valence-corrected chi connectivity index (χ1v) is 10.8. The average Bonchev–Trinajstić information content (AvgIpc) is 3.13. The molecular weight excluding hydrogens is 432 g/mol. The van der Waals surface area contributed by atoms with Gasteiger partial charge in [-0.2, -0.15) is 0 Å². The highest BCUT2D eigenvalue weighted by atomic mass is 16.6. The molecule has 4 aromatic rings. The van der Waals surface area contributed by atoms with Crippen LogP contribution in [0.1, 0.15) is 27.2 Å². The molecular formula is C26H26N4O4. The third-order valence-electron chi connectivity index (χ3n) is 5.47. The molecule has 0 aliphatic rings. The van der Waals surface area contributed by atoms with Gasteiger partial charge in [0.15, 0.2) is 12.3 Å². The van der Waals surface area contributed by atoms with Crippen molar-refractivity contribution < 1.29 is 19.1 Å². The lowest BCUT2D eigenvalue weighted by atomic mass is 10.1. The van der Waals surface area contributed by atoms with Crippen LogP contribution in [-0.4, -0.2) is 40.3 Å². The maximum Gasteiger partial charge on any atom is 0.349 e. The van der Waals surface area contributed by atoms with E-state index in [9.17, 15) is 9.59 Å². The Morgan fingerprint density at radius 3 is 2.35 bits per heavy atom. The Kier molecular flexibility index (Phi) is 6.32. The van der Waals surface area contributed by atoms with E-state index in [1.54, 1.807) is 60.1 Å². The van der Waals surface area contributed by atoms with Crippen molar-refractivity contribution in [1.29, 1.82) is 0 Å². The Morgan fingerprint density at radius 1 is 1.00 bits per heavy atom. The van der Waals surface area contributed by atoms with Crippen molar-refractivity contribution >= 4 is 28.6 Å². The first kappa shape index (κ1) is 23.0. The van der Waals surface area contributed by atoms with E-state index in [4.69, 9.17) is 9.47 Å². The molecule has 0 radical (unpaired) electrons. The molecule has 8 nitrogen and oxygen atoms in total. The molecule has 0 saturated heterocycles. The second-order valence-electron chi connectivity index (χ2n) is 8.19. The molecule has 2 aromatic heterocycles. The first-order chi connectivity index (χ1) is 16.2. The number of carbonyl (C=O) groups excluding carboxylic acids is 2. The zero-order chi connectivity index (χ0) is 24.4. The van der Waals surface area contributed by atoms with Crippen LogP contribution in [0.25, 0.3) is 11.0 Å². The molecule has 4 rings (SSSR count). The van der Waals surface area contributed by atoms with Crippen molar-refractivity contribution in [3.63, 3.8) is 0 Å². The van der Waals surface area contributed by atoms with Gasteiger partial charge >= 0.3 is 5.97 Å². The van der Waals surface area contributed by atoms with Crippen LogP contribution in [0, 0.1) is 20.8 Å². The number of fused-ring (bicyclic) bond motifs is 1. The largest absolute Gasteiger partial charge is 0.464 e. The minimum atomic E-state index is -0.562. The maximum atomic E-state index is 12.7. The number of amides is 1. The van der Waals surface area contributed by atoms with Crippen LogP contribution in [0.15, 0.2) is 54.6 Å². The normalized spacial score (nSPS) is 10.9. The van der Waals surface area contributed by atoms with Crippen molar-refractivity contribution in [2.45, 2.75) is 20.8 Å². The number of hydrogen-bond donors (Lipinski definition) is 0. The SMILES string of the molecule is Cc1ccc(C(=O)N(C)c2ccc(OC(=O)COc3nn(C)c4nc(C)cc(C)c34)cc2)cc1. The van der Waals surface area contributed by atoms with Gasteiger partial charge in [0.1, 0.15) is 5.75 Å². The standard InChI is InChI=1S/C26H26N4O4/c1-16-6-8-19(9-7-16)26(32)29(4)20-10-12-21(13-11-20)34-22(31)15-33-25-23-17(2)14-18(3)27-24(23)30(5)28-25/h6-14H,15H2,1-5H3. The summed E-state index contributed by atoms with van der Waals surface area (Å²) in [7, 11) is 3.48. The molecule has 0 unspecified atom stereocenters. The second kappa shape index (κ2) is 9.35. The van der Waals surface area contributed by atoms with E-state index in [0.29, 0.717) is 28.5 Å². The predicted octanol–water partition coefficient (Wildman–Crippen LogP) is 4.15. The lowest BCUT2D eigenvalue weighted by Gasteiger charge is -2.18. The van der Waals surface area contributed by atoms with Crippen LogP contribution in [0.4, 0.5) is 5.69 Å². The van der Waals surface area contributed by atoms with Gasteiger partial charge < -0.3 is 14.4 Å². The first-order valence-electron chi connectivity index (χ1n) is 10.8. The predicted molar refractivity (Wildman–Crippen MR) is 129 cm³/mol. The highest BCUT2D eigenvalue weighted by Gasteiger charge is 2.17. The van der Waals surface area contributed by atoms with Crippen LogP contribution in [-0.2, 0) is 11.8 Å². The van der Waals surface area contributed by atoms with Crippen molar-refractivity contribution in [3.8, 4) is 11.6 Å². The lowest BCUT2D eigenvalue weighted by molar-refractivity contribution is -0.136. The molecule has 174 valence electrons. The van der Waals surface area contributed by atoms with Crippen LogP contribution >= 0.6 is 0 Å². The summed E-state index contributed by atoms with van der Waals surface area (Å²) in [5.41, 5.74) is 4.92. The Morgan fingerprint density at radius 2 is 1.68 bits per heavy atom. The molecule has 0 fully saturated rings. The van der Waals surface area contributed by atoms with E-state index in [2.05, 4.69) is 10.1 Å². The molecule has 0 aliphatic carbocycles. The minimum Gasteiger partial charge on any atom is -0.464 e. The van der Waals surface area contributed by atoms with Crippen molar-refractivity contribution in [3.05, 3.63) is 77.0 Å². The van der Waals surface area contributed by atoms with E-state index < -0.39 is 5.97 Å². The molecule has 0 N–H and O–H groups in total. The highest BCUT2D eigenvalue weighted by Crippen LogP contribution is 2.27. The average molecular weight is 459 g/mol. The maximum absolute atomic E-state index is 12.7. The molecule has 0 atom stereocenters. The van der Waals surface area contributed by atoms with E-state index in [-0.39, 0.29) is 12.5 Å². The molecule has 0 bridgehead atoms. The summed E-state index contributed by atoms with van der Waals surface area (Å²) < 4.78 is 12.7. The zero-order valence-electron chi connectivity index (χ0n) is 19.8. The van der Waals surface area contributed by atoms with Gasteiger partial charge in [-0.15, -0.1) is 5.10 Å². The summed E-state index contributed by atoms with van der Waals surface area (Å²) in [5.74, 6) is 0.00741. The minimum absolute atomic E-state index is 0.124. The Labute approximate surface area is 197 Å². The Balaban J connectivity index is 1.38. The van der Waals surface area contributed by atoms with E-state index in [1.165, 1.54) is 0 Å². The van der Waals surface area contributed by atoms with Crippen molar-refractivity contribution in [2.75, 3.05) is 18.6 Å². The number of aromatic nitrogens is 3. The smallest absolute Gasteiger partial charge is 0.349 e. The summed E-state index contributed by atoms with van der Waals surface area (Å²) >= 11 is 0. The van der Waals surface area contributed by atoms with Gasteiger partial charge in [0.05, 0.1) is 5.39 Å². The summed E-state index contributed by atoms with van der Waals surface area (Å²) in [6, 6.07) is 16.1. The number of pyridine rings is 1. The van der Waals surface area contributed by atoms with E-state index in [1.807, 2.05) is 39.0 Å². The molecule has 1 amide bonds. The van der Waals surface area contributed by atoms with Crippen LogP contribution < -0.4 is 14.4 Å². The molecule has 0 saturated carbocycles. The molecule has 34 heavy (non-hydrogen) atoms. The number of benzene rings is 2. The number of esters is 1. The van der Waals surface area contributed by atoms with Gasteiger partial charge in [-0.05, 0) is 68.8 Å². The fourth-order valence-electron chi connectivity index (χ4n) is 3.68. The monoisotopic (exact) mass is 458 g/mol. The number of anilines is 1. The van der Waals surface area contributed by atoms with Gasteiger partial charge in [-0.1, -0.05) is 17.7 Å². The van der Waals surface area contributed by atoms with E-state index in [0.717, 1.165) is 22.2 Å². The van der Waals surface area contributed by atoms with Gasteiger partial charge in [0.25, 0.3) is 5.91 Å². The number of hydrogen-bond acceptors (Lipinski definition) is 6. The Hall–Kier alpha value is -4.20.